The molecule has 0 fully saturated rings. The highest BCUT2D eigenvalue weighted by molar-refractivity contribution is 7.80. The van der Waals surface area contributed by atoms with Crippen LogP contribution in [0.25, 0.3) is 10.9 Å². The Bertz CT molecular complexity index is 1450. The maximum absolute atomic E-state index is 15.0. The molecule has 0 aliphatic carbocycles. The van der Waals surface area contributed by atoms with Crippen LogP contribution >= 0.6 is 12.2 Å². The predicted octanol–water partition coefficient (Wildman–Crippen LogP) is 7.00. The van der Waals surface area contributed by atoms with E-state index < -0.39 is 5.82 Å². The Labute approximate surface area is 221 Å². The van der Waals surface area contributed by atoms with Crippen LogP contribution in [0.2, 0.25) is 0 Å². The monoisotopic (exact) mass is 517 g/mol. The van der Waals surface area contributed by atoms with Crippen LogP contribution in [-0.4, -0.2) is 29.9 Å². The molecule has 190 valence electrons. The zero-order chi connectivity index (χ0) is 26.4. The molecule has 7 heteroatoms. The molecule has 37 heavy (non-hydrogen) atoms. The molecule has 1 heterocycles. The van der Waals surface area contributed by atoms with Crippen LogP contribution in [0.5, 0.6) is 23.0 Å². The fourth-order valence-corrected chi connectivity index (χ4v) is 4.48. The number of hydrogen-bond acceptors (Lipinski definition) is 6. The van der Waals surface area contributed by atoms with Crippen molar-refractivity contribution in [1.82, 2.24) is 4.98 Å². The maximum Gasteiger partial charge on any atom is 0.166 e. The van der Waals surface area contributed by atoms with Gasteiger partial charge in [-0.05, 0) is 54.3 Å². The number of ketones is 1. The molecule has 0 bridgehead atoms. The highest BCUT2D eigenvalue weighted by atomic mass is 32.1. The summed E-state index contributed by atoms with van der Waals surface area (Å²) < 4.78 is 31.6. The summed E-state index contributed by atoms with van der Waals surface area (Å²) in [6, 6.07) is 17.9. The summed E-state index contributed by atoms with van der Waals surface area (Å²) in [5.41, 5.74) is 3.66. The number of carbonyl (C=O) groups is 1. The van der Waals surface area contributed by atoms with Gasteiger partial charge in [0.15, 0.2) is 23.1 Å². The molecule has 0 saturated heterocycles. The first-order valence-corrected chi connectivity index (χ1v) is 12.3. The van der Waals surface area contributed by atoms with Gasteiger partial charge in [-0.1, -0.05) is 42.5 Å². The number of ether oxygens (including phenoxy) is 3. The molecular formula is C30H28FNO4S. The molecule has 0 aliphatic rings. The molecule has 0 radical (unpaired) electrons. The van der Waals surface area contributed by atoms with Crippen molar-refractivity contribution in [3.05, 3.63) is 89.4 Å². The number of benzene rings is 3. The van der Waals surface area contributed by atoms with Gasteiger partial charge < -0.3 is 14.2 Å². The van der Waals surface area contributed by atoms with Crippen LogP contribution in [0.1, 0.15) is 29.5 Å². The van der Waals surface area contributed by atoms with Crippen molar-refractivity contribution in [2.75, 3.05) is 14.2 Å². The highest BCUT2D eigenvalue weighted by Gasteiger charge is 2.14. The third-order valence-corrected chi connectivity index (χ3v) is 6.44. The van der Waals surface area contributed by atoms with E-state index in [2.05, 4.69) is 4.98 Å². The Morgan fingerprint density at radius 1 is 0.946 bits per heavy atom. The van der Waals surface area contributed by atoms with E-state index in [9.17, 15) is 9.18 Å². The second-order valence-electron chi connectivity index (χ2n) is 8.76. The van der Waals surface area contributed by atoms with Gasteiger partial charge in [0.25, 0.3) is 0 Å². The quantitative estimate of drug-likeness (QED) is 0.200. The van der Waals surface area contributed by atoms with Crippen LogP contribution in [0.4, 0.5) is 4.39 Å². The van der Waals surface area contributed by atoms with Crippen molar-refractivity contribution in [2.45, 2.75) is 32.6 Å². The lowest BCUT2D eigenvalue weighted by atomic mass is 9.99. The molecule has 0 atom stereocenters. The Balaban J connectivity index is 1.40. The average Bonchev–Trinajstić information content (AvgIpc) is 2.89. The van der Waals surface area contributed by atoms with Gasteiger partial charge >= 0.3 is 0 Å². The molecular weight excluding hydrogens is 489 g/mol. The number of aryl methyl sites for hydroxylation is 2. The van der Waals surface area contributed by atoms with Crippen molar-refractivity contribution in [3.8, 4) is 23.0 Å². The molecule has 4 aromatic rings. The Morgan fingerprint density at radius 3 is 2.43 bits per heavy atom. The molecule has 5 nitrogen and oxygen atoms in total. The molecule has 0 saturated carbocycles. The number of carbonyl (C=O) groups excluding carboxylic acids is 1. The summed E-state index contributed by atoms with van der Waals surface area (Å²) in [4.78, 5) is 17.4. The zero-order valence-electron chi connectivity index (χ0n) is 21.0. The first kappa shape index (κ1) is 26.2. The van der Waals surface area contributed by atoms with Gasteiger partial charge in [0, 0.05) is 41.8 Å². The van der Waals surface area contributed by atoms with Crippen LogP contribution < -0.4 is 14.2 Å². The molecule has 1 aromatic heterocycles. The third kappa shape index (κ3) is 6.49. The van der Waals surface area contributed by atoms with Gasteiger partial charge in [0.05, 0.1) is 19.7 Å². The van der Waals surface area contributed by atoms with Crippen molar-refractivity contribution in [3.63, 3.8) is 0 Å². The van der Waals surface area contributed by atoms with Crippen LogP contribution in [0.3, 0.4) is 0 Å². The first-order valence-electron chi connectivity index (χ1n) is 11.9. The molecule has 0 N–H and O–H groups in total. The average molecular weight is 518 g/mol. The Morgan fingerprint density at radius 2 is 1.70 bits per heavy atom. The molecule has 3 aromatic carbocycles. The topological polar surface area (TPSA) is 57.7 Å². The third-order valence-electron chi connectivity index (χ3n) is 6.15. The van der Waals surface area contributed by atoms with E-state index in [-0.39, 0.29) is 18.0 Å². The molecule has 0 spiro atoms. The van der Waals surface area contributed by atoms with E-state index in [1.54, 1.807) is 50.7 Å². The Kier molecular flexibility index (Phi) is 8.46. The minimum Gasteiger partial charge on any atom is -0.493 e. The molecule has 0 aliphatic heterocycles. The smallest absolute Gasteiger partial charge is 0.166 e. The van der Waals surface area contributed by atoms with Crippen LogP contribution in [0, 0.1) is 12.7 Å². The number of hydrogen-bond donors (Lipinski definition) is 0. The first-order chi connectivity index (χ1) is 17.9. The number of fused-ring (bicyclic) bond motifs is 1. The number of methoxy groups -OCH3 is 2. The van der Waals surface area contributed by atoms with Gasteiger partial charge in [0.1, 0.15) is 11.5 Å². The standard InChI is InChI=1S/C30H28FNO4S/c1-19-6-4-5-7-21(19)9-10-22(33)16-23(37)14-20-8-11-28(25(31)15-20)36-27-12-13-32-26-18-30(35-3)29(34-2)17-24(26)27/h4-8,11-13,15,17-18H,9-10,14,16H2,1-3H3. The fraction of sp³-hybridized carbons (Fsp3) is 0.233. The number of nitrogens with zero attached hydrogens (tertiary/aromatic N) is 1. The largest absolute Gasteiger partial charge is 0.493 e. The Hall–Kier alpha value is -3.84. The minimum atomic E-state index is -0.517. The van der Waals surface area contributed by atoms with Crippen LogP contribution in [-0.2, 0) is 17.6 Å². The van der Waals surface area contributed by atoms with Crippen molar-refractivity contribution < 1.29 is 23.4 Å². The fourth-order valence-electron chi connectivity index (χ4n) is 4.16. The normalized spacial score (nSPS) is 10.8. The van der Waals surface area contributed by atoms with E-state index in [1.165, 1.54) is 17.2 Å². The minimum absolute atomic E-state index is 0.0752. The SMILES string of the molecule is COc1cc2nccc(Oc3ccc(CC(=S)CC(=O)CCc4ccccc4C)cc3F)c2cc1OC. The number of pyridine rings is 1. The van der Waals surface area contributed by atoms with E-state index in [1.807, 2.05) is 31.2 Å². The summed E-state index contributed by atoms with van der Waals surface area (Å²) in [6.07, 6.45) is 3.26. The van der Waals surface area contributed by atoms with Crippen molar-refractivity contribution >= 4 is 33.8 Å². The number of Topliss-reactive ketones (excluding diaryl/α,β-unsaturated/α-hetero) is 1. The summed E-state index contributed by atoms with van der Waals surface area (Å²) in [5, 5.41) is 0.661. The van der Waals surface area contributed by atoms with E-state index >= 15 is 0 Å². The zero-order valence-corrected chi connectivity index (χ0v) is 21.9. The van der Waals surface area contributed by atoms with Gasteiger partial charge in [-0.15, -0.1) is 0 Å². The highest BCUT2D eigenvalue weighted by Crippen LogP contribution is 2.37. The van der Waals surface area contributed by atoms with E-state index in [0.717, 1.165) is 0 Å². The summed E-state index contributed by atoms with van der Waals surface area (Å²) in [5.74, 6) is 1.14. The number of halogens is 1. The number of aromatic nitrogens is 1. The number of thiocarbonyl (C=S) groups is 1. The molecule has 0 unspecified atom stereocenters. The summed E-state index contributed by atoms with van der Waals surface area (Å²) in [7, 11) is 3.09. The van der Waals surface area contributed by atoms with Crippen molar-refractivity contribution in [1.29, 1.82) is 0 Å². The van der Waals surface area contributed by atoms with E-state index in [4.69, 9.17) is 26.4 Å². The van der Waals surface area contributed by atoms with E-state index in [0.29, 0.717) is 57.8 Å². The predicted molar refractivity (Wildman–Crippen MR) is 147 cm³/mol. The summed E-state index contributed by atoms with van der Waals surface area (Å²) >= 11 is 5.44. The van der Waals surface area contributed by atoms with Gasteiger partial charge in [-0.3, -0.25) is 9.78 Å². The summed E-state index contributed by atoms with van der Waals surface area (Å²) in [6.45, 7) is 2.04. The lowest BCUT2D eigenvalue weighted by Gasteiger charge is -2.13. The maximum atomic E-state index is 15.0. The lowest BCUT2D eigenvalue weighted by molar-refractivity contribution is -0.117. The molecule has 4 rings (SSSR count). The van der Waals surface area contributed by atoms with Crippen molar-refractivity contribution in [2.24, 2.45) is 0 Å². The van der Waals surface area contributed by atoms with Gasteiger partial charge in [-0.25, -0.2) is 4.39 Å². The van der Waals surface area contributed by atoms with Crippen LogP contribution in [0.15, 0.2) is 66.9 Å². The number of rotatable bonds is 11. The second kappa shape index (κ2) is 11.9. The lowest BCUT2D eigenvalue weighted by Crippen LogP contribution is -2.10. The van der Waals surface area contributed by atoms with Gasteiger partial charge in [0.2, 0.25) is 0 Å². The second-order valence-corrected chi connectivity index (χ2v) is 9.34. The molecule has 0 amide bonds. The van der Waals surface area contributed by atoms with Gasteiger partial charge in [-0.2, -0.15) is 0 Å².